The van der Waals surface area contributed by atoms with E-state index in [9.17, 15) is 9.59 Å². The Kier molecular flexibility index (Phi) is 9.93. The van der Waals surface area contributed by atoms with Gasteiger partial charge in [-0.1, -0.05) is 46.0 Å². The molecule has 0 aromatic rings. The van der Waals surface area contributed by atoms with Crippen LogP contribution in [-0.4, -0.2) is 46.0 Å². The first kappa shape index (κ1) is 24.1. The molecule has 0 spiro atoms. The van der Waals surface area contributed by atoms with Gasteiger partial charge >= 0.3 is 12.4 Å². The molecular formula is C21H42N2O2+. The normalized spacial score (nSPS) is 13.0. The van der Waals surface area contributed by atoms with Gasteiger partial charge in [0.05, 0.1) is 0 Å². The van der Waals surface area contributed by atoms with E-state index in [4.69, 9.17) is 0 Å². The number of amides is 3. The molecule has 0 unspecified atom stereocenters. The van der Waals surface area contributed by atoms with Gasteiger partial charge in [-0.15, -0.1) is 0 Å². The van der Waals surface area contributed by atoms with E-state index in [1.807, 2.05) is 46.4 Å². The van der Waals surface area contributed by atoms with E-state index in [0.29, 0.717) is 0 Å². The van der Waals surface area contributed by atoms with E-state index in [1.54, 1.807) is 0 Å². The number of hydrogen-bond donors (Lipinski definition) is 0. The van der Waals surface area contributed by atoms with E-state index < -0.39 is 11.1 Å². The van der Waals surface area contributed by atoms with Crippen LogP contribution < -0.4 is 0 Å². The second-order valence-corrected chi connectivity index (χ2v) is 9.14. The highest BCUT2D eigenvalue weighted by molar-refractivity contribution is 5.76. The van der Waals surface area contributed by atoms with Crippen molar-refractivity contribution < 1.29 is 14.1 Å². The fraction of sp³-hybridized carbons (Fsp3) is 0.905. The number of rotatable bonds is 10. The third-order valence-corrected chi connectivity index (χ3v) is 5.02. The van der Waals surface area contributed by atoms with Gasteiger partial charge in [0.2, 0.25) is 0 Å². The van der Waals surface area contributed by atoms with Crippen LogP contribution in [0.1, 0.15) is 100 Å². The molecule has 0 aliphatic rings. The minimum Gasteiger partial charge on any atom is -0.292 e. The fourth-order valence-corrected chi connectivity index (χ4v) is 3.69. The number of imide groups is 1. The van der Waals surface area contributed by atoms with Gasteiger partial charge in [-0.3, -0.25) is 4.90 Å². The summed E-state index contributed by atoms with van der Waals surface area (Å²) in [5.41, 5.74) is -1.08. The van der Waals surface area contributed by atoms with Gasteiger partial charge in [-0.25, -0.2) is 9.59 Å². The molecule has 0 rings (SSSR count). The number of hydrogen-bond acceptors (Lipinski definition) is 2. The second-order valence-electron chi connectivity index (χ2n) is 9.14. The van der Waals surface area contributed by atoms with Crippen LogP contribution in [0.15, 0.2) is 0 Å². The lowest BCUT2D eigenvalue weighted by Gasteiger charge is -2.49. The van der Waals surface area contributed by atoms with Gasteiger partial charge in [-0.05, 0) is 54.4 Å². The van der Waals surface area contributed by atoms with Crippen molar-refractivity contribution >= 4 is 12.4 Å². The molecule has 25 heavy (non-hydrogen) atoms. The van der Waals surface area contributed by atoms with Crippen LogP contribution in [0.4, 0.5) is 4.79 Å². The molecule has 0 aromatic carbocycles. The zero-order valence-corrected chi connectivity index (χ0v) is 18.1. The van der Waals surface area contributed by atoms with Crippen molar-refractivity contribution in [3.05, 3.63) is 0 Å². The molecular weight excluding hydrogens is 312 g/mol. The molecule has 0 saturated carbocycles. The monoisotopic (exact) mass is 354 g/mol. The Morgan fingerprint density at radius 2 is 1.20 bits per heavy atom. The standard InChI is InChI=1S/C21H42N2O2/c1-9-11-13-15-17-22(16-14-12-10-2)19(25)23(18-24,20(3,4)5)21(6,7)8/h9-17H2,1-8H3/q+1. The van der Waals surface area contributed by atoms with Crippen molar-refractivity contribution in [2.24, 2.45) is 0 Å². The molecule has 0 fully saturated rings. The molecule has 4 heteroatoms. The Balaban J connectivity index is 5.59. The lowest BCUT2D eigenvalue weighted by atomic mass is 9.91. The van der Waals surface area contributed by atoms with Gasteiger partial charge < -0.3 is 0 Å². The number of urea groups is 1. The maximum absolute atomic E-state index is 13.6. The number of quaternary nitrogens is 1. The summed E-state index contributed by atoms with van der Waals surface area (Å²) >= 11 is 0. The molecule has 4 nitrogen and oxygen atoms in total. The van der Waals surface area contributed by atoms with Crippen molar-refractivity contribution in [1.29, 1.82) is 0 Å². The fourth-order valence-electron chi connectivity index (χ4n) is 3.69. The first-order valence-electron chi connectivity index (χ1n) is 10.1. The maximum atomic E-state index is 13.6. The predicted molar refractivity (Wildman–Crippen MR) is 106 cm³/mol. The summed E-state index contributed by atoms with van der Waals surface area (Å²) in [4.78, 5) is 27.7. The highest BCUT2D eigenvalue weighted by atomic mass is 16.2. The Morgan fingerprint density at radius 1 is 0.800 bits per heavy atom. The van der Waals surface area contributed by atoms with Crippen LogP contribution in [0.5, 0.6) is 0 Å². The molecule has 147 valence electrons. The molecule has 0 bridgehead atoms. The van der Waals surface area contributed by atoms with Crippen LogP contribution in [0.2, 0.25) is 0 Å². The van der Waals surface area contributed by atoms with Crippen LogP contribution in [-0.2, 0) is 4.79 Å². The summed E-state index contributed by atoms with van der Waals surface area (Å²) in [7, 11) is 0. The van der Waals surface area contributed by atoms with E-state index >= 15 is 0 Å². The lowest BCUT2D eigenvalue weighted by molar-refractivity contribution is -0.860. The van der Waals surface area contributed by atoms with Gasteiger partial charge in [0.15, 0.2) is 0 Å². The summed E-state index contributed by atoms with van der Waals surface area (Å²) in [6, 6.07) is -0.0948. The molecule has 3 amide bonds. The lowest BCUT2D eigenvalue weighted by Crippen LogP contribution is -2.74. The van der Waals surface area contributed by atoms with Crippen LogP contribution in [0.25, 0.3) is 0 Å². The molecule has 1 radical (unpaired) electrons. The first-order valence-corrected chi connectivity index (χ1v) is 10.1. The largest absolute Gasteiger partial charge is 0.453 e. The zero-order valence-electron chi connectivity index (χ0n) is 18.1. The summed E-state index contributed by atoms with van der Waals surface area (Å²) < 4.78 is -0.292. The molecule has 0 aromatic heterocycles. The van der Waals surface area contributed by atoms with E-state index in [-0.39, 0.29) is 10.5 Å². The van der Waals surface area contributed by atoms with Crippen LogP contribution in [0, 0.1) is 0 Å². The molecule has 0 aliphatic carbocycles. The van der Waals surface area contributed by atoms with Gasteiger partial charge in [-0.2, -0.15) is 4.48 Å². The van der Waals surface area contributed by atoms with Gasteiger partial charge in [0.25, 0.3) is 0 Å². The summed E-state index contributed by atoms with van der Waals surface area (Å²) in [5.74, 6) is 0. The van der Waals surface area contributed by atoms with Gasteiger partial charge in [0.1, 0.15) is 11.1 Å². The SMILES string of the molecule is CCCCCCN(CCCCC)C(=O)[N+]([C]=O)(C(C)(C)C)C(C)(C)C. The van der Waals surface area contributed by atoms with Crippen LogP contribution >= 0.6 is 0 Å². The first-order chi connectivity index (χ1) is 11.5. The van der Waals surface area contributed by atoms with Crippen molar-refractivity contribution in [2.75, 3.05) is 13.1 Å². The van der Waals surface area contributed by atoms with E-state index in [2.05, 4.69) is 20.3 Å². The maximum Gasteiger partial charge on any atom is 0.453 e. The third-order valence-electron chi connectivity index (χ3n) is 5.02. The van der Waals surface area contributed by atoms with E-state index in [1.165, 1.54) is 12.8 Å². The Bertz CT molecular complexity index is 391. The van der Waals surface area contributed by atoms with Crippen molar-refractivity contribution in [3.8, 4) is 0 Å². The Labute approximate surface area is 156 Å². The quantitative estimate of drug-likeness (QED) is 0.375. The topological polar surface area (TPSA) is 37.4 Å². The predicted octanol–water partition coefficient (Wildman–Crippen LogP) is 5.66. The number of carbonyl (C=O) groups excluding carboxylic acids is 2. The summed E-state index contributed by atoms with van der Waals surface area (Å²) in [6.45, 7) is 17.6. The van der Waals surface area contributed by atoms with E-state index in [0.717, 1.165) is 45.2 Å². The average molecular weight is 355 g/mol. The minimum atomic E-state index is -0.538. The smallest absolute Gasteiger partial charge is 0.292 e. The number of nitrogens with zero attached hydrogens (tertiary/aromatic N) is 2. The zero-order chi connectivity index (χ0) is 19.7. The second kappa shape index (κ2) is 10.3. The van der Waals surface area contributed by atoms with Crippen molar-refractivity contribution in [3.63, 3.8) is 0 Å². The number of carbonyl (C=O) groups is 1. The van der Waals surface area contributed by atoms with Crippen LogP contribution in [0.3, 0.4) is 0 Å². The Hall–Kier alpha value is -0.900. The highest BCUT2D eigenvalue weighted by Gasteiger charge is 2.59. The van der Waals surface area contributed by atoms with Gasteiger partial charge in [0, 0.05) is 13.1 Å². The van der Waals surface area contributed by atoms with Crippen molar-refractivity contribution in [2.45, 2.75) is 111 Å². The minimum absolute atomic E-state index is 0.0948. The average Bonchev–Trinajstić information content (AvgIpc) is 2.47. The molecule has 0 heterocycles. The Morgan fingerprint density at radius 3 is 1.56 bits per heavy atom. The third kappa shape index (κ3) is 6.09. The molecule has 0 N–H and O–H groups in total. The molecule has 0 aliphatic heterocycles. The number of unbranched alkanes of at least 4 members (excludes halogenated alkanes) is 5. The van der Waals surface area contributed by atoms with Crippen molar-refractivity contribution in [1.82, 2.24) is 4.90 Å². The highest BCUT2D eigenvalue weighted by Crippen LogP contribution is 2.35. The summed E-state index contributed by atoms with van der Waals surface area (Å²) in [5, 5.41) is 0. The summed E-state index contributed by atoms with van der Waals surface area (Å²) in [6.07, 6.45) is 9.87. The molecule has 0 atom stereocenters. The molecule has 0 saturated heterocycles.